The number of rotatable bonds is 4. The van der Waals surface area contributed by atoms with Crippen LogP contribution in [0.2, 0.25) is 0 Å². The third kappa shape index (κ3) is 6.10. The summed E-state index contributed by atoms with van der Waals surface area (Å²) in [5, 5.41) is 0. The molecule has 0 aromatic rings. The Morgan fingerprint density at radius 3 is 2.50 bits per heavy atom. The Morgan fingerprint density at radius 1 is 1.50 bits per heavy atom. The highest BCUT2D eigenvalue weighted by atomic mass is 28.3. The molecule has 3 nitrogen and oxygen atoms in total. The number of hydrogen-bond donors (Lipinski definition) is 2. The maximum atomic E-state index is 8.25. The van der Waals surface area contributed by atoms with Crippen LogP contribution < -0.4 is 0 Å². The van der Waals surface area contributed by atoms with Gasteiger partial charge < -0.3 is 14.0 Å². The van der Waals surface area contributed by atoms with Gasteiger partial charge in [-0.1, -0.05) is 13.3 Å². The zero-order valence-electron chi connectivity index (χ0n) is 5.00. The van der Waals surface area contributed by atoms with E-state index in [1.807, 2.05) is 6.92 Å². The van der Waals surface area contributed by atoms with Crippen LogP contribution in [0.15, 0.2) is 0 Å². The molecule has 4 heteroatoms. The molecule has 0 saturated carbocycles. The van der Waals surface area contributed by atoms with Crippen molar-refractivity contribution in [1.29, 1.82) is 0 Å². The lowest BCUT2D eigenvalue weighted by Crippen LogP contribution is -2.17. The largest absolute Gasteiger partial charge is 0.478 e. The second-order valence-corrected chi connectivity index (χ2v) is 2.54. The molecular formula is C4H12O3Si. The Kier molecular flexibility index (Phi) is 5.30. The van der Waals surface area contributed by atoms with Gasteiger partial charge in [-0.3, -0.25) is 0 Å². The molecule has 0 aliphatic rings. The standard InChI is InChI=1S/C4H12O3Si/c1-2-3-4-7-8(5)6/h5-6,8H,2-4H2,1H3. The first-order valence-electron chi connectivity index (χ1n) is 2.75. The third-order valence-electron chi connectivity index (χ3n) is 0.765. The van der Waals surface area contributed by atoms with Crippen molar-refractivity contribution < 1.29 is 14.0 Å². The second-order valence-electron chi connectivity index (χ2n) is 1.55. The molecule has 0 heterocycles. The van der Waals surface area contributed by atoms with E-state index in [2.05, 4.69) is 4.43 Å². The highest BCUT2D eigenvalue weighted by Gasteiger charge is 1.98. The molecule has 0 radical (unpaired) electrons. The Labute approximate surface area is 50.9 Å². The summed E-state index contributed by atoms with van der Waals surface area (Å²) >= 11 is 0. The Balaban J connectivity index is 2.72. The van der Waals surface area contributed by atoms with Crippen molar-refractivity contribution in [2.45, 2.75) is 19.8 Å². The molecule has 0 aliphatic heterocycles. The van der Waals surface area contributed by atoms with Crippen molar-refractivity contribution in [1.82, 2.24) is 0 Å². The van der Waals surface area contributed by atoms with E-state index in [0.29, 0.717) is 6.61 Å². The lowest BCUT2D eigenvalue weighted by molar-refractivity contribution is 0.183. The lowest BCUT2D eigenvalue weighted by atomic mass is 10.4. The van der Waals surface area contributed by atoms with Crippen LogP contribution in [-0.2, 0) is 4.43 Å². The molecule has 0 saturated heterocycles. The van der Waals surface area contributed by atoms with E-state index >= 15 is 0 Å². The molecule has 0 aromatic heterocycles. The number of hydrogen-bond acceptors (Lipinski definition) is 3. The molecule has 2 N–H and O–H groups in total. The van der Waals surface area contributed by atoms with Gasteiger partial charge in [-0.2, -0.15) is 0 Å². The van der Waals surface area contributed by atoms with Crippen LogP contribution in [0.3, 0.4) is 0 Å². The second kappa shape index (κ2) is 5.24. The molecule has 50 valence electrons. The van der Waals surface area contributed by atoms with Crippen LogP contribution in [0.25, 0.3) is 0 Å². The summed E-state index contributed by atoms with van der Waals surface area (Å²) in [5.74, 6) is 0. The van der Waals surface area contributed by atoms with Gasteiger partial charge in [-0.25, -0.2) is 0 Å². The molecule has 0 atom stereocenters. The van der Waals surface area contributed by atoms with Gasteiger partial charge in [-0.05, 0) is 6.42 Å². The molecule has 0 spiro atoms. The Bertz CT molecular complexity index is 48.5. The van der Waals surface area contributed by atoms with Gasteiger partial charge in [-0.15, -0.1) is 0 Å². The van der Waals surface area contributed by atoms with Gasteiger partial charge in [0, 0.05) is 6.61 Å². The van der Waals surface area contributed by atoms with Gasteiger partial charge in [0.25, 0.3) is 0 Å². The van der Waals surface area contributed by atoms with Crippen LogP contribution >= 0.6 is 0 Å². The summed E-state index contributed by atoms with van der Waals surface area (Å²) in [6, 6.07) is 0. The Morgan fingerprint density at radius 2 is 2.12 bits per heavy atom. The van der Waals surface area contributed by atoms with E-state index < -0.39 is 9.53 Å². The first kappa shape index (κ1) is 8.10. The minimum atomic E-state index is -2.70. The molecule has 0 aliphatic carbocycles. The molecule has 0 rings (SSSR count). The summed E-state index contributed by atoms with van der Waals surface area (Å²) in [4.78, 5) is 16.5. The van der Waals surface area contributed by atoms with Gasteiger partial charge in [0.2, 0.25) is 0 Å². The van der Waals surface area contributed by atoms with Crippen molar-refractivity contribution in [3.63, 3.8) is 0 Å². The van der Waals surface area contributed by atoms with Gasteiger partial charge in [0.05, 0.1) is 0 Å². The predicted molar refractivity (Wildman–Crippen MR) is 32.4 cm³/mol. The monoisotopic (exact) mass is 136 g/mol. The van der Waals surface area contributed by atoms with Crippen molar-refractivity contribution in [3.8, 4) is 0 Å². The zero-order valence-corrected chi connectivity index (χ0v) is 6.16. The number of unbranched alkanes of at least 4 members (excludes halogenated alkanes) is 1. The summed E-state index contributed by atoms with van der Waals surface area (Å²) in [6.07, 6.45) is 1.94. The zero-order chi connectivity index (χ0) is 6.41. The van der Waals surface area contributed by atoms with Crippen molar-refractivity contribution in [2.24, 2.45) is 0 Å². The first-order chi connectivity index (χ1) is 3.77. The summed E-state index contributed by atoms with van der Waals surface area (Å²) < 4.78 is 4.53. The molecule has 0 fully saturated rings. The van der Waals surface area contributed by atoms with E-state index in [1.165, 1.54) is 0 Å². The molecule has 0 bridgehead atoms. The summed E-state index contributed by atoms with van der Waals surface area (Å²) in [5.41, 5.74) is 0. The van der Waals surface area contributed by atoms with Crippen LogP contribution in [0, 0.1) is 0 Å². The average Bonchev–Trinajstić information content (AvgIpc) is 1.66. The maximum absolute atomic E-state index is 8.25. The normalized spacial score (nSPS) is 10.5. The average molecular weight is 136 g/mol. The van der Waals surface area contributed by atoms with E-state index in [1.54, 1.807) is 0 Å². The van der Waals surface area contributed by atoms with Crippen molar-refractivity contribution in [2.75, 3.05) is 6.61 Å². The van der Waals surface area contributed by atoms with Gasteiger partial charge >= 0.3 is 9.53 Å². The predicted octanol–water partition coefficient (Wildman–Crippen LogP) is -0.495. The van der Waals surface area contributed by atoms with E-state index in [9.17, 15) is 0 Å². The third-order valence-corrected chi connectivity index (χ3v) is 1.30. The first-order valence-corrected chi connectivity index (χ1v) is 4.25. The molecule has 0 amide bonds. The Hall–Kier alpha value is 0.0969. The van der Waals surface area contributed by atoms with Gasteiger partial charge in [0.15, 0.2) is 0 Å². The van der Waals surface area contributed by atoms with E-state index in [-0.39, 0.29) is 0 Å². The fourth-order valence-corrected chi connectivity index (χ4v) is 0.711. The summed E-state index contributed by atoms with van der Waals surface area (Å²) in [6.45, 7) is 2.51. The fraction of sp³-hybridized carbons (Fsp3) is 1.00. The molecule has 0 aromatic carbocycles. The van der Waals surface area contributed by atoms with Crippen molar-refractivity contribution in [3.05, 3.63) is 0 Å². The smallest absolute Gasteiger partial charge is 0.392 e. The highest BCUT2D eigenvalue weighted by molar-refractivity contribution is 6.32. The molecule has 0 unspecified atom stereocenters. The minimum Gasteiger partial charge on any atom is -0.392 e. The van der Waals surface area contributed by atoms with Crippen LogP contribution in [0.5, 0.6) is 0 Å². The van der Waals surface area contributed by atoms with Crippen LogP contribution in [0.1, 0.15) is 19.8 Å². The topological polar surface area (TPSA) is 49.7 Å². The van der Waals surface area contributed by atoms with Crippen molar-refractivity contribution >= 4 is 9.53 Å². The van der Waals surface area contributed by atoms with E-state index in [4.69, 9.17) is 9.59 Å². The quantitative estimate of drug-likeness (QED) is 0.405. The lowest BCUT2D eigenvalue weighted by Gasteiger charge is -1.99. The van der Waals surface area contributed by atoms with Gasteiger partial charge in [0.1, 0.15) is 0 Å². The van der Waals surface area contributed by atoms with E-state index in [0.717, 1.165) is 12.8 Å². The minimum absolute atomic E-state index is 0.486. The van der Waals surface area contributed by atoms with Crippen LogP contribution in [-0.4, -0.2) is 25.7 Å². The maximum Gasteiger partial charge on any atom is 0.478 e. The molecule has 8 heavy (non-hydrogen) atoms. The highest BCUT2D eigenvalue weighted by Crippen LogP contribution is 1.86. The molecular weight excluding hydrogens is 124 g/mol. The van der Waals surface area contributed by atoms with Crippen LogP contribution in [0.4, 0.5) is 0 Å². The summed E-state index contributed by atoms with van der Waals surface area (Å²) in [7, 11) is -2.70. The SMILES string of the molecule is CCCCO[SiH](O)O. The fourth-order valence-electron chi connectivity index (χ4n) is 0.333.